The summed E-state index contributed by atoms with van der Waals surface area (Å²) in [7, 11) is 0. The Kier molecular flexibility index (Phi) is 17.7. The number of esters is 2. The van der Waals surface area contributed by atoms with Crippen molar-refractivity contribution in [3.05, 3.63) is 166 Å². The van der Waals surface area contributed by atoms with Crippen molar-refractivity contribution in [2.45, 2.75) is 105 Å². The lowest BCUT2D eigenvalue weighted by Crippen LogP contribution is -2.54. The number of nitrogens with zero attached hydrogens (tertiary/aromatic N) is 2. The Bertz CT molecular complexity index is 4100. The zero-order chi connectivity index (χ0) is 67.4. The van der Waals surface area contributed by atoms with Crippen LogP contribution in [0.25, 0.3) is 43.1 Å². The van der Waals surface area contributed by atoms with Crippen LogP contribution < -0.4 is 29.6 Å². The van der Waals surface area contributed by atoms with Crippen LogP contribution in [0.5, 0.6) is 46.0 Å². The Morgan fingerprint density at radius 2 is 0.677 bits per heavy atom. The van der Waals surface area contributed by atoms with Crippen LogP contribution in [0.1, 0.15) is 117 Å². The standard InChI is InChI=1S/C76H72N4O16/c1-39(2)29-55(71(83)77-27-25-61(81)91-37-49-35-89-49)79-73(85)51-31-57(93-45-17-9-41(5)10-18-45)65-67-59(95-47-21-13-43(7)14-22-47)33-53-64-54(76(88)80(75(53)87)56(30-40(3)4)72(84)78-28-26-62(82)92-38-50-36-90-50)34-60(96-48-23-15-44(8)16-24-48)68(70(64)67)66-58(94-46-19-11-42(6)12-20-46)32-52(74(79)86)63(51)69(65)66/h9-24,31-34,39-40,49-50,55-56H,25-30,35-38H2,1-8H3,(H,77,83)(H,78,84). The number of hydrogen-bond acceptors (Lipinski definition) is 16. The molecule has 9 aromatic carbocycles. The Morgan fingerprint density at radius 3 is 0.917 bits per heavy atom. The van der Waals surface area contributed by atoms with Gasteiger partial charge >= 0.3 is 11.9 Å². The fourth-order valence-corrected chi connectivity index (χ4v) is 12.6. The Morgan fingerprint density at radius 1 is 0.417 bits per heavy atom. The lowest BCUT2D eigenvalue weighted by molar-refractivity contribution is -0.145. The second-order valence-electron chi connectivity index (χ2n) is 26.0. The normalized spacial score (nSPS) is 16.2. The third-order valence-electron chi connectivity index (χ3n) is 17.5. The minimum absolute atomic E-state index is 0.0164. The average molecular weight is 1300 g/mol. The topological polar surface area (TPSA) is 248 Å². The van der Waals surface area contributed by atoms with Gasteiger partial charge in [0.05, 0.1) is 48.3 Å². The van der Waals surface area contributed by atoms with Gasteiger partial charge in [-0.2, -0.15) is 0 Å². The predicted octanol–water partition coefficient (Wildman–Crippen LogP) is 13.1. The molecule has 0 bridgehead atoms. The molecule has 0 aromatic heterocycles. The summed E-state index contributed by atoms with van der Waals surface area (Å²) < 4.78 is 49.5. The Hall–Kier alpha value is -10.4. The van der Waals surface area contributed by atoms with Gasteiger partial charge in [0.1, 0.15) is 83.5 Å². The van der Waals surface area contributed by atoms with Gasteiger partial charge in [0.25, 0.3) is 23.6 Å². The molecule has 4 heterocycles. The summed E-state index contributed by atoms with van der Waals surface area (Å²) >= 11 is 0. The molecule has 0 aliphatic carbocycles. The number of rotatable bonds is 26. The molecule has 0 saturated carbocycles. The molecule has 492 valence electrons. The fraction of sp³-hybridized carbons (Fsp3) is 0.316. The molecule has 4 aliphatic rings. The maximum absolute atomic E-state index is 16.1. The van der Waals surface area contributed by atoms with Gasteiger partial charge in [0, 0.05) is 56.2 Å². The highest BCUT2D eigenvalue weighted by Crippen LogP contribution is 2.58. The van der Waals surface area contributed by atoms with E-state index >= 15 is 19.2 Å². The van der Waals surface area contributed by atoms with Gasteiger partial charge in [-0.3, -0.25) is 48.2 Å². The van der Waals surface area contributed by atoms with Crippen LogP contribution in [-0.4, -0.2) is 121 Å². The molecule has 0 radical (unpaired) electrons. The quantitative estimate of drug-likeness (QED) is 0.0168. The van der Waals surface area contributed by atoms with Crippen LogP contribution in [0.2, 0.25) is 0 Å². The van der Waals surface area contributed by atoms with E-state index in [1.54, 1.807) is 72.8 Å². The van der Waals surface area contributed by atoms with E-state index in [1.165, 1.54) is 0 Å². The highest BCUT2D eigenvalue weighted by molar-refractivity contribution is 6.45. The molecular weight excluding hydrogens is 1220 g/mol. The van der Waals surface area contributed by atoms with Gasteiger partial charge in [0.15, 0.2) is 0 Å². The number of fused-ring (bicyclic) bond motifs is 2. The highest BCUT2D eigenvalue weighted by atomic mass is 16.6. The first-order chi connectivity index (χ1) is 46.2. The van der Waals surface area contributed by atoms with Gasteiger partial charge in [-0.1, -0.05) is 98.5 Å². The fourth-order valence-electron chi connectivity index (χ4n) is 12.6. The molecule has 2 N–H and O–H groups in total. The summed E-state index contributed by atoms with van der Waals surface area (Å²) in [5.74, 6) is -4.59. The van der Waals surface area contributed by atoms with Crippen LogP contribution in [0, 0.1) is 39.5 Å². The number of carbonyl (C=O) groups excluding carboxylic acids is 8. The van der Waals surface area contributed by atoms with Gasteiger partial charge < -0.3 is 48.5 Å². The zero-order valence-electron chi connectivity index (χ0n) is 54.5. The lowest BCUT2D eigenvalue weighted by Gasteiger charge is -2.36. The number of aryl methyl sites for hydroxylation is 4. The van der Waals surface area contributed by atoms with Crippen molar-refractivity contribution in [1.29, 1.82) is 0 Å². The molecule has 0 spiro atoms. The predicted molar refractivity (Wildman–Crippen MR) is 357 cm³/mol. The van der Waals surface area contributed by atoms with E-state index in [0.717, 1.165) is 32.1 Å². The van der Waals surface area contributed by atoms with E-state index in [0.29, 0.717) is 36.2 Å². The maximum atomic E-state index is 16.1. The van der Waals surface area contributed by atoms with E-state index in [9.17, 15) is 19.2 Å². The van der Waals surface area contributed by atoms with Gasteiger partial charge in [-0.25, -0.2) is 0 Å². The number of ether oxygens (including phenoxy) is 8. The Labute approximate surface area is 553 Å². The number of nitrogens with one attached hydrogen (secondary N) is 2. The molecule has 9 aromatic rings. The van der Waals surface area contributed by atoms with E-state index in [2.05, 4.69) is 10.6 Å². The molecular formula is C76H72N4O16. The highest BCUT2D eigenvalue weighted by Gasteiger charge is 2.47. The van der Waals surface area contributed by atoms with Crippen molar-refractivity contribution in [3.8, 4) is 46.0 Å². The van der Waals surface area contributed by atoms with Crippen LogP contribution in [0.3, 0.4) is 0 Å². The number of imide groups is 2. The largest absolute Gasteiger partial charge is 0.463 e. The average Bonchev–Trinajstić information content (AvgIpc) is 1.08. The SMILES string of the molecule is Cc1ccc(Oc2cc3c4c(cc(Oc5ccc(C)cc5)c5c6c(Oc7ccc(C)cc7)cc7c8c(cc(Oc9ccc(C)cc9)c(c2c45)c86)C(=O)N(C(CC(C)C)C(=O)NCCC(=O)OCC2CO2)C7=O)C(=O)N(C(CC(C)C)C(=O)NCCC(=O)OCC2CO2)C3=O)cc1. The van der Waals surface area contributed by atoms with Crippen LogP contribution >= 0.6 is 0 Å². The number of benzene rings is 9. The van der Waals surface area contributed by atoms with Crippen molar-refractivity contribution in [2.24, 2.45) is 11.8 Å². The summed E-state index contributed by atoms with van der Waals surface area (Å²) in [6, 6.07) is 32.5. The molecule has 2 saturated heterocycles. The summed E-state index contributed by atoms with van der Waals surface area (Å²) in [4.78, 5) is 121. The molecule has 96 heavy (non-hydrogen) atoms. The van der Waals surface area contributed by atoms with Crippen LogP contribution in [-0.2, 0) is 38.1 Å². The smallest absolute Gasteiger partial charge is 0.307 e. The summed E-state index contributed by atoms with van der Waals surface area (Å²) in [6.45, 7) is 16.0. The first-order valence-electron chi connectivity index (χ1n) is 32.4. The van der Waals surface area contributed by atoms with E-state index in [4.69, 9.17) is 37.9 Å². The molecule has 2 fully saturated rings. The first kappa shape index (κ1) is 64.3. The molecule has 20 nitrogen and oxygen atoms in total. The molecule has 6 amide bonds. The summed E-state index contributed by atoms with van der Waals surface area (Å²) in [6.07, 6.45) is -0.620. The number of hydrogen-bond donors (Lipinski definition) is 2. The minimum atomic E-state index is -1.39. The molecule has 4 aliphatic heterocycles. The van der Waals surface area contributed by atoms with Crippen LogP contribution in [0.15, 0.2) is 121 Å². The van der Waals surface area contributed by atoms with Crippen molar-refractivity contribution < 1.29 is 76.3 Å². The van der Waals surface area contributed by atoms with Gasteiger partial charge in [-0.15, -0.1) is 0 Å². The summed E-state index contributed by atoms with van der Waals surface area (Å²) in [5.41, 5.74) is 3.62. The third kappa shape index (κ3) is 13.0. The maximum Gasteiger partial charge on any atom is 0.307 e. The second-order valence-corrected chi connectivity index (χ2v) is 26.0. The number of epoxide rings is 2. The van der Waals surface area contributed by atoms with E-state index in [-0.39, 0.29) is 164 Å². The first-order valence-corrected chi connectivity index (χ1v) is 32.4. The second kappa shape index (κ2) is 26.4. The van der Waals surface area contributed by atoms with Crippen molar-refractivity contribution in [3.63, 3.8) is 0 Å². The molecule has 20 heteroatoms. The monoisotopic (exact) mass is 1300 g/mol. The minimum Gasteiger partial charge on any atom is -0.463 e. The van der Waals surface area contributed by atoms with Crippen molar-refractivity contribution in [2.75, 3.05) is 39.5 Å². The molecule has 4 unspecified atom stereocenters. The van der Waals surface area contributed by atoms with Crippen molar-refractivity contribution >= 4 is 90.5 Å². The Balaban J connectivity index is 1.10. The molecule has 4 atom stereocenters. The number of amides is 6. The number of carbonyl (C=O) groups is 8. The van der Waals surface area contributed by atoms with Gasteiger partial charge in [0.2, 0.25) is 11.8 Å². The van der Waals surface area contributed by atoms with Crippen molar-refractivity contribution in [1.82, 2.24) is 20.4 Å². The van der Waals surface area contributed by atoms with Crippen LogP contribution in [0.4, 0.5) is 0 Å². The summed E-state index contributed by atoms with van der Waals surface area (Å²) in [5, 5.41) is 7.56. The van der Waals surface area contributed by atoms with Gasteiger partial charge in [-0.05, 0) is 125 Å². The van der Waals surface area contributed by atoms with E-state index in [1.807, 2.05) is 104 Å². The zero-order valence-corrected chi connectivity index (χ0v) is 54.5. The molecule has 13 rings (SSSR count). The lowest BCUT2D eigenvalue weighted by atomic mass is 9.80. The third-order valence-corrected chi connectivity index (χ3v) is 17.5. The van der Waals surface area contributed by atoms with E-state index < -0.39 is 59.5 Å².